The van der Waals surface area contributed by atoms with E-state index in [-0.39, 0.29) is 0 Å². The molecule has 0 amide bonds. The molecule has 0 unspecified atom stereocenters. The molecule has 0 bridgehead atoms. The van der Waals surface area contributed by atoms with Crippen LogP contribution < -0.4 is 0 Å². The molecule has 2 aromatic rings. The lowest BCUT2D eigenvalue weighted by atomic mass is 10.1. The minimum atomic E-state index is 0.485. The highest BCUT2D eigenvalue weighted by Crippen LogP contribution is 2.08. The van der Waals surface area contributed by atoms with Crippen LogP contribution in [0.1, 0.15) is 78.6 Å². The maximum absolute atomic E-state index is 4.18. The van der Waals surface area contributed by atoms with Gasteiger partial charge in [0.15, 0.2) is 0 Å². The van der Waals surface area contributed by atoms with Crippen molar-refractivity contribution in [2.24, 2.45) is 0 Å². The molecule has 0 aliphatic heterocycles. The quantitative estimate of drug-likeness (QED) is 0.697. The first-order valence-corrected chi connectivity index (χ1v) is 8.28. The highest BCUT2D eigenvalue weighted by Gasteiger charge is 1.96. The zero-order valence-electron chi connectivity index (χ0n) is 15.5. The van der Waals surface area contributed by atoms with Gasteiger partial charge in [-0.15, -0.1) is 0 Å². The van der Waals surface area contributed by atoms with Crippen LogP contribution in [0.15, 0.2) is 43.0 Å². The molecule has 2 heterocycles. The van der Waals surface area contributed by atoms with E-state index in [2.05, 4.69) is 42.6 Å². The summed E-state index contributed by atoms with van der Waals surface area (Å²) in [6, 6.07) is 6.00. The summed E-state index contributed by atoms with van der Waals surface area (Å²) in [6.45, 7) is 16.5. The molecule has 0 spiro atoms. The lowest BCUT2D eigenvalue weighted by molar-refractivity contribution is 0.812. The van der Waals surface area contributed by atoms with Crippen molar-refractivity contribution in [3.05, 3.63) is 54.4 Å². The number of pyridine rings is 1. The lowest BCUT2D eigenvalue weighted by Crippen LogP contribution is -1.91. The van der Waals surface area contributed by atoms with Crippen LogP contribution in [0, 0.1) is 0 Å². The third-order valence-electron chi connectivity index (χ3n) is 2.45. The van der Waals surface area contributed by atoms with Gasteiger partial charge in [-0.05, 0) is 24.0 Å². The van der Waals surface area contributed by atoms with Gasteiger partial charge in [-0.2, -0.15) is 0 Å². The maximum atomic E-state index is 4.18. The first-order chi connectivity index (χ1) is 10.6. The van der Waals surface area contributed by atoms with Gasteiger partial charge in [0.1, 0.15) is 0 Å². The summed E-state index contributed by atoms with van der Waals surface area (Å²) >= 11 is 0. The highest BCUT2D eigenvalue weighted by atomic mass is 14.8. The van der Waals surface area contributed by atoms with Crippen molar-refractivity contribution in [3.63, 3.8) is 0 Å². The molecule has 3 nitrogen and oxygen atoms in total. The average molecular weight is 303 g/mol. The molecular weight excluding hydrogens is 270 g/mol. The van der Waals surface area contributed by atoms with Crippen LogP contribution in [0.3, 0.4) is 0 Å². The Hall–Kier alpha value is -1.77. The van der Waals surface area contributed by atoms with Crippen molar-refractivity contribution < 1.29 is 0 Å². The second-order valence-corrected chi connectivity index (χ2v) is 4.69. The molecule has 0 saturated heterocycles. The van der Waals surface area contributed by atoms with Crippen molar-refractivity contribution in [2.45, 2.75) is 67.2 Å². The summed E-state index contributed by atoms with van der Waals surface area (Å²) < 4.78 is 0. The molecular formula is C19H33N3. The minimum Gasteiger partial charge on any atom is -0.261 e. The molecule has 2 rings (SSSR count). The van der Waals surface area contributed by atoms with E-state index in [0.29, 0.717) is 11.8 Å². The van der Waals surface area contributed by atoms with E-state index in [1.165, 1.54) is 0 Å². The predicted molar refractivity (Wildman–Crippen MR) is 97.1 cm³/mol. The van der Waals surface area contributed by atoms with Crippen LogP contribution in [-0.4, -0.2) is 15.0 Å². The van der Waals surface area contributed by atoms with E-state index < -0.39 is 0 Å². The third-order valence-corrected chi connectivity index (χ3v) is 2.45. The number of hydrogen-bond acceptors (Lipinski definition) is 3. The number of rotatable bonds is 2. The largest absolute Gasteiger partial charge is 0.261 e. The summed E-state index contributed by atoms with van der Waals surface area (Å²) in [4.78, 5) is 12.2. The van der Waals surface area contributed by atoms with Crippen molar-refractivity contribution >= 4 is 0 Å². The Bertz CT molecular complexity index is 381. The monoisotopic (exact) mass is 303 g/mol. The van der Waals surface area contributed by atoms with Gasteiger partial charge in [-0.1, -0.05) is 61.5 Å². The number of nitrogens with zero attached hydrogens (tertiary/aromatic N) is 3. The molecule has 0 atom stereocenters. The van der Waals surface area contributed by atoms with Gasteiger partial charge >= 0.3 is 0 Å². The van der Waals surface area contributed by atoms with Crippen molar-refractivity contribution in [1.82, 2.24) is 15.0 Å². The van der Waals surface area contributed by atoms with Crippen molar-refractivity contribution in [3.8, 4) is 0 Å². The van der Waals surface area contributed by atoms with Crippen LogP contribution >= 0.6 is 0 Å². The molecule has 22 heavy (non-hydrogen) atoms. The summed E-state index contributed by atoms with van der Waals surface area (Å²) in [6.07, 6.45) is 7.03. The second kappa shape index (κ2) is 15.6. The van der Waals surface area contributed by atoms with Crippen LogP contribution in [0.25, 0.3) is 0 Å². The van der Waals surface area contributed by atoms with Crippen LogP contribution in [-0.2, 0) is 0 Å². The Morgan fingerprint density at radius 2 is 1.23 bits per heavy atom. The third kappa shape index (κ3) is 11.0. The van der Waals surface area contributed by atoms with Gasteiger partial charge in [0, 0.05) is 30.5 Å². The van der Waals surface area contributed by atoms with E-state index in [4.69, 9.17) is 0 Å². The Balaban J connectivity index is 0. The van der Waals surface area contributed by atoms with Crippen LogP contribution in [0.5, 0.6) is 0 Å². The van der Waals surface area contributed by atoms with Crippen LogP contribution in [0.4, 0.5) is 0 Å². The smallest absolute Gasteiger partial charge is 0.0612 e. The second-order valence-electron chi connectivity index (χ2n) is 4.69. The van der Waals surface area contributed by atoms with E-state index in [0.717, 1.165) is 11.4 Å². The Morgan fingerprint density at radius 1 is 0.682 bits per heavy atom. The van der Waals surface area contributed by atoms with Gasteiger partial charge in [-0.3, -0.25) is 15.0 Å². The zero-order valence-corrected chi connectivity index (χ0v) is 15.5. The number of hydrogen-bond donors (Lipinski definition) is 0. The Morgan fingerprint density at radius 3 is 1.50 bits per heavy atom. The standard InChI is InChI=1S/C8H11N.C7H10N2.2C2H6/c1-7(2)8-5-3-4-6-9-8;1-6(2)7-5-8-3-4-9-7;2*1-2/h3-7H,1-2H3;3-6H,1-2H3;2*1-2H3. The average Bonchev–Trinajstić information content (AvgIpc) is 2.60. The van der Waals surface area contributed by atoms with E-state index in [9.17, 15) is 0 Å². The van der Waals surface area contributed by atoms with Gasteiger partial charge in [0.25, 0.3) is 0 Å². The summed E-state index contributed by atoms with van der Waals surface area (Å²) in [7, 11) is 0. The Kier molecular flexibility index (Phi) is 16.0. The predicted octanol–water partition coefficient (Wildman–Crippen LogP) is 5.86. The normalized spacial score (nSPS) is 8.82. The van der Waals surface area contributed by atoms with Crippen molar-refractivity contribution in [2.75, 3.05) is 0 Å². The summed E-state index contributed by atoms with van der Waals surface area (Å²) in [5.74, 6) is 1.03. The highest BCUT2D eigenvalue weighted by molar-refractivity contribution is 5.06. The fourth-order valence-corrected chi connectivity index (χ4v) is 1.33. The SMILES string of the molecule is CC.CC.CC(C)c1ccccn1.CC(C)c1cnccn1. The first-order valence-electron chi connectivity index (χ1n) is 8.28. The molecule has 0 aromatic carbocycles. The maximum Gasteiger partial charge on any atom is 0.0612 e. The molecule has 3 heteroatoms. The molecule has 0 saturated carbocycles. The molecule has 0 fully saturated rings. The topological polar surface area (TPSA) is 38.7 Å². The van der Waals surface area contributed by atoms with Crippen LogP contribution in [0.2, 0.25) is 0 Å². The van der Waals surface area contributed by atoms with E-state index in [1.807, 2.05) is 52.1 Å². The first kappa shape index (κ1) is 22.5. The zero-order chi connectivity index (χ0) is 17.4. The fourth-order valence-electron chi connectivity index (χ4n) is 1.33. The van der Waals surface area contributed by atoms with Gasteiger partial charge in [0.2, 0.25) is 0 Å². The van der Waals surface area contributed by atoms with Gasteiger partial charge in [0.05, 0.1) is 5.69 Å². The Labute approximate surface area is 137 Å². The summed E-state index contributed by atoms with van der Waals surface area (Å²) in [5.41, 5.74) is 2.22. The van der Waals surface area contributed by atoms with Gasteiger partial charge in [-0.25, -0.2) is 0 Å². The summed E-state index contributed by atoms with van der Waals surface area (Å²) in [5, 5.41) is 0. The molecule has 0 radical (unpaired) electrons. The molecule has 124 valence electrons. The number of aromatic nitrogens is 3. The van der Waals surface area contributed by atoms with E-state index in [1.54, 1.807) is 18.6 Å². The van der Waals surface area contributed by atoms with Crippen molar-refractivity contribution in [1.29, 1.82) is 0 Å². The van der Waals surface area contributed by atoms with E-state index >= 15 is 0 Å². The van der Waals surface area contributed by atoms with Gasteiger partial charge < -0.3 is 0 Å². The minimum absolute atomic E-state index is 0.485. The lowest BCUT2D eigenvalue weighted by Gasteiger charge is -2.00. The molecule has 0 aliphatic rings. The fraction of sp³-hybridized carbons (Fsp3) is 0.526. The molecule has 2 aromatic heterocycles. The molecule has 0 aliphatic carbocycles. The molecule has 0 N–H and O–H groups in total.